The summed E-state index contributed by atoms with van der Waals surface area (Å²) in [5.41, 5.74) is 7.78. The third-order valence-electron chi connectivity index (χ3n) is 6.32. The predicted octanol–water partition coefficient (Wildman–Crippen LogP) is 5.63. The molecule has 0 fully saturated rings. The highest BCUT2D eigenvalue weighted by atomic mass is 16.5. The Bertz CT molecular complexity index is 1320. The van der Waals surface area contributed by atoms with E-state index < -0.39 is 5.91 Å². The highest BCUT2D eigenvalue weighted by molar-refractivity contribution is 6.46. The number of benzene rings is 3. The molecule has 4 rings (SSSR count). The molecule has 0 aliphatic carbocycles. The second-order valence-corrected chi connectivity index (χ2v) is 8.54. The fourth-order valence-electron chi connectivity index (χ4n) is 4.03. The summed E-state index contributed by atoms with van der Waals surface area (Å²) in [6.45, 7) is 9.95. The van der Waals surface area contributed by atoms with Gasteiger partial charge in [0.1, 0.15) is 11.4 Å². The van der Waals surface area contributed by atoms with E-state index in [-0.39, 0.29) is 11.6 Å². The highest BCUT2D eigenvalue weighted by Gasteiger charge is 2.41. The monoisotopic (exact) mass is 440 g/mol. The quantitative estimate of drug-likeness (QED) is 0.522. The maximum absolute atomic E-state index is 13.8. The summed E-state index contributed by atoms with van der Waals surface area (Å²) in [7, 11) is 1.53. The Hall–Kier alpha value is -3.86. The summed E-state index contributed by atoms with van der Waals surface area (Å²) in [4.78, 5) is 28.8. The summed E-state index contributed by atoms with van der Waals surface area (Å²) in [5, 5.41) is 3.29. The molecule has 0 aromatic heterocycles. The number of anilines is 2. The molecule has 33 heavy (non-hydrogen) atoms. The molecule has 0 radical (unpaired) electrons. The SMILES string of the molecule is COc1ccc(C)cc1N1C(=O)C(Nc2cccc(C)c2C)=C(c2ccc(C)c(C)c2)C1=O. The molecule has 5 nitrogen and oxygen atoms in total. The molecule has 1 aliphatic heterocycles. The summed E-state index contributed by atoms with van der Waals surface area (Å²) >= 11 is 0. The van der Waals surface area contributed by atoms with Gasteiger partial charge in [0.05, 0.1) is 18.4 Å². The van der Waals surface area contributed by atoms with Gasteiger partial charge in [0, 0.05) is 5.69 Å². The van der Waals surface area contributed by atoms with Crippen LogP contribution in [0.1, 0.15) is 33.4 Å². The number of nitrogens with zero attached hydrogens (tertiary/aromatic N) is 1. The molecule has 0 saturated heterocycles. The standard InChI is InChI=1S/C28H28N2O3/c1-16-10-13-24(33-6)23(14-16)30-27(31)25(21-12-11-17(2)19(4)15-21)26(28(30)32)29-22-9-7-8-18(3)20(22)5/h7-15,29H,1-6H3. The van der Waals surface area contributed by atoms with Crippen LogP contribution in [0.25, 0.3) is 5.57 Å². The Balaban J connectivity index is 1.91. The van der Waals surface area contributed by atoms with Gasteiger partial charge >= 0.3 is 0 Å². The molecule has 3 aromatic carbocycles. The lowest BCUT2D eigenvalue weighted by atomic mass is 9.99. The number of imide groups is 1. The molecule has 0 spiro atoms. The van der Waals surface area contributed by atoms with E-state index in [9.17, 15) is 9.59 Å². The summed E-state index contributed by atoms with van der Waals surface area (Å²) in [6, 6.07) is 17.2. The Kier molecular flexibility index (Phi) is 5.81. The van der Waals surface area contributed by atoms with E-state index in [1.807, 2.05) is 77.1 Å². The number of ether oxygens (including phenoxy) is 1. The van der Waals surface area contributed by atoms with Gasteiger partial charge in [-0.25, -0.2) is 4.90 Å². The number of nitrogens with one attached hydrogen (secondary N) is 1. The lowest BCUT2D eigenvalue weighted by Gasteiger charge is -2.19. The van der Waals surface area contributed by atoms with Crippen molar-refractivity contribution in [1.82, 2.24) is 0 Å². The van der Waals surface area contributed by atoms with Gasteiger partial charge in [0.15, 0.2) is 0 Å². The van der Waals surface area contributed by atoms with Crippen molar-refractivity contribution in [3.8, 4) is 5.75 Å². The molecule has 0 bridgehead atoms. The van der Waals surface area contributed by atoms with E-state index in [0.717, 1.165) is 33.5 Å². The van der Waals surface area contributed by atoms with E-state index in [2.05, 4.69) is 5.32 Å². The zero-order valence-corrected chi connectivity index (χ0v) is 19.9. The van der Waals surface area contributed by atoms with Gasteiger partial charge in [0.25, 0.3) is 11.8 Å². The van der Waals surface area contributed by atoms with Crippen molar-refractivity contribution >= 4 is 28.8 Å². The molecule has 1 aliphatic rings. The molecule has 0 unspecified atom stereocenters. The van der Waals surface area contributed by atoms with Crippen LogP contribution < -0.4 is 15.0 Å². The first-order valence-electron chi connectivity index (χ1n) is 10.9. The third kappa shape index (κ3) is 3.91. The number of hydrogen-bond acceptors (Lipinski definition) is 4. The van der Waals surface area contributed by atoms with Crippen molar-refractivity contribution in [3.05, 3.63) is 93.7 Å². The Morgan fingerprint density at radius 3 is 2.24 bits per heavy atom. The fourth-order valence-corrected chi connectivity index (χ4v) is 4.03. The third-order valence-corrected chi connectivity index (χ3v) is 6.32. The minimum Gasteiger partial charge on any atom is -0.495 e. The Morgan fingerprint density at radius 2 is 1.55 bits per heavy atom. The molecule has 168 valence electrons. The molecule has 2 amide bonds. The van der Waals surface area contributed by atoms with E-state index >= 15 is 0 Å². The molecular formula is C28H28N2O3. The Morgan fingerprint density at radius 1 is 0.788 bits per heavy atom. The number of carbonyl (C=O) groups is 2. The van der Waals surface area contributed by atoms with Crippen LogP contribution in [0.4, 0.5) is 11.4 Å². The van der Waals surface area contributed by atoms with Gasteiger partial charge in [-0.15, -0.1) is 0 Å². The molecule has 0 atom stereocenters. The molecule has 0 saturated carbocycles. The summed E-state index contributed by atoms with van der Waals surface area (Å²) in [5.74, 6) is -0.312. The number of methoxy groups -OCH3 is 1. The lowest BCUT2D eigenvalue weighted by molar-refractivity contribution is -0.120. The van der Waals surface area contributed by atoms with Crippen LogP contribution in [0.5, 0.6) is 5.75 Å². The van der Waals surface area contributed by atoms with Crippen LogP contribution >= 0.6 is 0 Å². The second kappa shape index (κ2) is 8.58. The molecule has 5 heteroatoms. The number of hydrogen-bond donors (Lipinski definition) is 1. The first kappa shape index (κ1) is 22.3. The van der Waals surface area contributed by atoms with E-state index in [0.29, 0.717) is 22.6 Å². The van der Waals surface area contributed by atoms with E-state index in [1.54, 1.807) is 12.1 Å². The van der Waals surface area contributed by atoms with Crippen molar-refractivity contribution in [1.29, 1.82) is 0 Å². The minimum absolute atomic E-state index is 0.264. The van der Waals surface area contributed by atoms with Crippen molar-refractivity contribution in [2.45, 2.75) is 34.6 Å². The van der Waals surface area contributed by atoms with Gasteiger partial charge in [0.2, 0.25) is 0 Å². The Labute approximate surface area is 194 Å². The maximum atomic E-state index is 13.8. The van der Waals surface area contributed by atoms with Gasteiger partial charge in [-0.3, -0.25) is 9.59 Å². The largest absolute Gasteiger partial charge is 0.495 e. The maximum Gasteiger partial charge on any atom is 0.282 e. The summed E-state index contributed by atoms with van der Waals surface area (Å²) < 4.78 is 5.49. The van der Waals surface area contributed by atoms with Gasteiger partial charge < -0.3 is 10.1 Å². The van der Waals surface area contributed by atoms with Crippen molar-refractivity contribution < 1.29 is 14.3 Å². The van der Waals surface area contributed by atoms with Gasteiger partial charge in [-0.2, -0.15) is 0 Å². The van der Waals surface area contributed by atoms with E-state index in [1.165, 1.54) is 12.0 Å². The second-order valence-electron chi connectivity index (χ2n) is 8.54. The summed E-state index contributed by atoms with van der Waals surface area (Å²) in [6.07, 6.45) is 0. The van der Waals surface area contributed by atoms with Crippen LogP contribution in [0.2, 0.25) is 0 Å². The predicted molar refractivity (Wildman–Crippen MR) is 133 cm³/mol. The van der Waals surface area contributed by atoms with Crippen LogP contribution in [-0.2, 0) is 9.59 Å². The molecule has 3 aromatic rings. The topological polar surface area (TPSA) is 58.6 Å². The first-order valence-corrected chi connectivity index (χ1v) is 10.9. The number of aryl methyl sites for hydroxylation is 4. The average Bonchev–Trinajstić information content (AvgIpc) is 3.02. The average molecular weight is 441 g/mol. The van der Waals surface area contributed by atoms with Crippen molar-refractivity contribution in [2.75, 3.05) is 17.3 Å². The van der Waals surface area contributed by atoms with Gasteiger partial charge in [-0.1, -0.05) is 36.4 Å². The van der Waals surface area contributed by atoms with Crippen LogP contribution in [-0.4, -0.2) is 18.9 Å². The zero-order valence-electron chi connectivity index (χ0n) is 19.9. The smallest absolute Gasteiger partial charge is 0.282 e. The van der Waals surface area contributed by atoms with E-state index in [4.69, 9.17) is 4.74 Å². The number of carbonyl (C=O) groups excluding carboxylic acids is 2. The molecular weight excluding hydrogens is 412 g/mol. The molecule has 1 heterocycles. The normalized spacial score (nSPS) is 13.7. The van der Waals surface area contributed by atoms with Crippen LogP contribution in [0.15, 0.2) is 60.3 Å². The fraction of sp³-hybridized carbons (Fsp3) is 0.214. The van der Waals surface area contributed by atoms with Crippen LogP contribution in [0.3, 0.4) is 0 Å². The highest BCUT2D eigenvalue weighted by Crippen LogP contribution is 2.39. The first-order chi connectivity index (χ1) is 15.7. The molecule has 1 N–H and O–H groups in total. The van der Waals surface area contributed by atoms with Crippen molar-refractivity contribution in [3.63, 3.8) is 0 Å². The lowest BCUT2D eigenvalue weighted by Crippen LogP contribution is -2.32. The number of rotatable bonds is 5. The number of amides is 2. The van der Waals surface area contributed by atoms with Gasteiger partial charge in [-0.05, 0) is 86.2 Å². The van der Waals surface area contributed by atoms with Crippen LogP contribution in [0, 0.1) is 34.6 Å². The minimum atomic E-state index is -0.405. The zero-order chi connectivity index (χ0) is 23.9. The van der Waals surface area contributed by atoms with Crippen molar-refractivity contribution in [2.24, 2.45) is 0 Å².